The van der Waals surface area contributed by atoms with E-state index in [0.717, 1.165) is 43.4 Å². The number of rotatable bonds is 4. The Hall–Kier alpha value is -2.55. The van der Waals surface area contributed by atoms with Crippen LogP contribution in [0.4, 0.5) is 5.69 Å². The molecule has 1 saturated carbocycles. The van der Waals surface area contributed by atoms with Crippen molar-refractivity contribution in [3.8, 4) is 0 Å². The van der Waals surface area contributed by atoms with Gasteiger partial charge < -0.3 is 19.9 Å². The van der Waals surface area contributed by atoms with Crippen LogP contribution in [0.2, 0.25) is 0 Å². The summed E-state index contributed by atoms with van der Waals surface area (Å²) in [6, 6.07) is 6.58. The molecule has 166 valence electrons. The maximum atomic E-state index is 13.8. The van der Waals surface area contributed by atoms with E-state index in [0.29, 0.717) is 0 Å². The van der Waals surface area contributed by atoms with E-state index in [1.807, 2.05) is 24.3 Å². The molecule has 3 aliphatic rings. The topological polar surface area (TPSA) is 96.0 Å². The monoisotopic (exact) mass is 445 g/mol. The molecule has 1 spiro atoms. The Balaban J connectivity index is 1.73. The summed E-state index contributed by atoms with van der Waals surface area (Å²) in [5.74, 6) is -1.31. The van der Waals surface area contributed by atoms with Crippen LogP contribution < -0.4 is 10.2 Å². The summed E-state index contributed by atoms with van der Waals surface area (Å²) in [6.07, 6.45) is 4.55. The average molecular weight is 446 g/mol. The van der Waals surface area contributed by atoms with Gasteiger partial charge in [0.05, 0.1) is 12.8 Å². The van der Waals surface area contributed by atoms with E-state index in [-0.39, 0.29) is 30.0 Å². The zero-order chi connectivity index (χ0) is 22.2. The summed E-state index contributed by atoms with van der Waals surface area (Å²) in [4.78, 5) is 53.8. The lowest BCUT2D eigenvalue weighted by Gasteiger charge is -2.38. The summed E-state index contributed by atoms with van der Waals surface area (Å²) in [5.41, 5.74) is 1.48. The van der Waals surface area contributed by atoms with Crippen molar-refractivity contribution in [1.29, 1.82) is 0 Å². The molecule has 0 radical (unpaired) electrons. The summed E-state index contributed by atoms with van der Waals surface area (Å²) in [6.45, 7) is -0.278. The molecule has 0 bridgehead atoms. The highest BCUT2D eigenvalue weighted by Crippen LogP contribution is 2.56. The predicted molar refractivity (Wildman–Crippen MR) is 116 cm³/mol. The molecule has 31 heavy (non-hydrogen) atoms. The second kappa shape index (κ2) is 8.53. The van der Waals surface area contributed by atoms with E-state index >= 15 is 0 Å². The molecule has 2 fully saturated rings. The molecule has 3 amide bonds. The highest BCUT2D eigenvalue weighted by molar-refractivity contribution is 8.01. The zero-order valence-electron chi connectivity index (χ0n) is 17.8. The average Bonchev–Trinajstić information content (AvgIpc) is 3.31. The van der Waals surface area contributed by atoms with Crippen LogP contribution >= 0.6 is 11.8 Å². The van der Waals surface area contributed by atoms with Crippen LogP contribution in [0.5, 0.6) is 0 Å². The summed E-state index contributed by atoms with van der Waals surface area (Å²) < 4.78 is 4.60. The standard InChI is InChI=1S/C22H27N3O5S/c1-24-16-11-7-6-10-15(16)22(21(24)29)25(20(28)14-8-4-3-5-9-14)17(13-31-22)19(27)23-12-18(26)30-2/h6-7,10-11,14,17H,3-5,8-9,12-13H2,1-2H3,(H,23,27). The molecule has 1 saturated heterocycles. The number of benzene rings is 1. The molecule has 0 aromatic heterocycles. The van der Waals surface area contributed by atoms with E-state index in [9.17, 15) is 19.2 Å². The van der Waals surface area contributed by atoms with E-state index < -0.39 is 22.8 Å². The van der Waals surface area contributed by atoms with Crippen molar-refractivity contribution in [3.63, 3.8) is 0 Å². The first-order valence-electron chi connectivity index (χ1n) is 10.6. The van der Waals surface area contributed by atoms with Gasteiger partial charge in [-0.25, -0.2) is 0 Å². The van der Waals surface area contributed by atoms with Gasteiger partial charge in [-0.05, 0) is 18.9 Å². The van der Waals surface area contributed by atoms with Crippen LogP contribution in [0.25, 0.3) is 0 Å². The lowest BCUT2D eigenvalue weighted by molar-refractivity contribution is -0.151. The molecular weight excluding hydrogens is 418 g/mol. The number of nitrogens with zero attached hydrogens (tertiary/aromatic N) is 2. The molecule has 2 atom stereocenters. The van der Waals surface area contributed by atoms with Gasteiger partial charge in [-0.15, -0.1) is 11.8 Å². The summed E-state index contributed by atoms with van der Waals surface area (Å²) in [5, 5.41) is 2.57. The van der Waals surface area contributed by atoms with Crippen molar-refractivity contribution in [2.24, 2.45) is 5.92 Å². The quantitative estimate of drug-likeness (QED) is 0.708. The third kappa shape index (κ3) is 3.48. The van der Waals surface area contributed by atoms with Gasteiger partial charge in [0, 0.05) is 24.3 Å². The molecule has 1 aromatic carbocycles. The smallest absolute Gasteiger partial charge is 0.325 e. The SMILES string of the molecule is COC(=O)CNC(=O)C1CSC2(C(=O)N(C)c3ccccc32)N1C(=O)C1CCCCC1. The fourth-order valence-electron chi connectivity index (χ4n) is 4.84. The Morgan fingerprint density at radius 2 is 1.90 bits per heavy atom. The number of nitrogens with one attached hydrogen (secondary N) is 1. The van der Waals surface area contributed by atoms with E-state index in [4.69, 9.17) is 0 Å². The number of fused-ring (bicyclic) bond motifs is 2. The number of carbonyl (C=O) groups excluding carboxylic acids is 4. The maximum Gasteiger partial charge on any atom is 0.325 e. The first-order valence-corrected chi connectivity index (χ1v) is 11.6. The van der Waals surface area contributed by atoms with Crippen LogP contribution in [-0.2, 0) is 28.8 Å². The van der Waals surface area contributed by atoms with Gasteiger partial charge in [-0.3, -0.25) is 19.2 Å². The number of para-hydroxylation sites is 1. The number of hydrogen-bond donors (Lipinski definition) is 1. The Kier molecular flexibility index (Phi) is 5.96. The fourth-order valence-corrected chi connectivity index (χ4v) is 6.48. The Labute approximate surface area is 185 Å². The van der Waals surface area contributed by atoms with Crippen LogP contribution in [-0.4, -0.2) is 61.1 Å². The van der Waals surface area contributed by atoms with Gasteiger partial charge in [0.2, 0.25) is 11.8 Å². The fraction of sp³-hybridized carbons (Fsp3) is 0.545. The lowest BCUT2D eigenvalue weighted by atomic mass is 9.87. The molecule has 1 aromatic rings. The molecule has 1 aliphatic carbocycles. The van der Waals surface area contributed by atoms with E-state index in [2.05, 4.69) is 10.1 Å². The second-order valence-electron chi connectivity index (χ2n) is 8.19. The Morgan fingerprint density at radius 1 is 1.19 bits per heavy atom. The summed E-state index contributed by atoms with van der Waals surface area (Å²) >= 11 is 1.32. The summed E-state index contributed by atoms with van der Waals surface area (Å²) in [7, 11) is 2.95. The van der Waals surface area contributed by atoms with Gasteiger partial charge >= 0.3 is 5.97 Å². The van der Waals surface area contributed by atoms with Gasteiger partial charge in [-0.1, -0.05) is 37.5 Å². The van der Waals surface area contributed by atoms with Crippen molar-refractivity contribution in [2.45, 2.75) is 43.0 Å². The van der Waals surface area contributed by atoms with Crippen molar-refractivity contribution >= 4 is 41.1 Å². The third-order valence-corrected chi connectivity index (χ3v) is 7.95. The van der Waals surface area contributed by atoms with Crippen LogP contribution in [0.3, 0.4) is 0 Å². The number of anilines is 1. The number of carbonyl (C=O) groups is 4. The molecule has 2 aliphatic heterocycles. The largest absolute Gasteiger partial charge is 0.468 e. The van der Waals surface area contributed by atoms with Crippen LogP contribution in [0.15, 0.2) is 24.3 Å². The number of methoxy groups -OCH3 is 1. The molecule has 8 nitrogen and oxygen atoms in total. The van der Waals surface area contributed by atoms with Crippen molar-refractivity contribution in [2.75, 3.05) is 31.4 Å². The van der Waals surface area contributed by atoms with Gasteiger partial charge in [0.25, 0.3) is 5.91 Å². The molecule has 2 heterocycles. The number of likely N-dealkylation sites (N-methyl/N-ethyl adjacent to an activating group) is 1. The number of thioether (sulfide) groups is 1. The number of ether oxygens (including phenoxy) is 1. The van der Waals surface area contributed by atoms with E-state index in [1.54, 1.807) is 11.9 Å². The highest BCUT2D eigenvalue weighted by atomic mass is 32.2. The highest BCUT2D eigenvalue weighted by Gasteiger charge is 2.63. The Bertz CT molecular complexity index is 916. The first-order chi connectivity index (χ1) is 14.9. The second-order valence-corrected chi connectivity index (χ2v) is 9.40. The molecule has 9 heteroatoms. The minimum Gasteiger partial charge on any atom is -0.468 e. The van der Waals surface area contributed by atoms with Gasteiger partial charge in [0.1, 0.15) is 12.6 Å². The Morgan fingerprint density at radius 3 is 2.61 bits per heavy atom. The molecule has 4 rings (SSSR count). The lowest BCUT2D eigenvalue weighted by Crippen LogP contribution is -2.58. The predicted octanol–water partition coefficient (Wildman–Crippen LogP) is 1.63. The van der Waals surface area contributed by atoms with Gasteiger partial charge in [0.15, 0.2) is 4.87 Å². The minimum absolute atomic E-state index is 0.152. The molecule has 1 N–H and O–H groups in total. The third-order valence-electron chi connectivity index (χ3n) is 6.46. The van der Waals surface area contributed by atoms with Crippen LogP contribution in [0.1, 0.15) is 37.7 Å². The normalized spacial score (nSPS) is 25.6. The maximum absolute atomic E-state index is 13.8. The number of hydrogen-bond acceptors (Lipinski definition) is 6. The first kappa shape index (κ1) is 21.7. The van der Waals surface area contributed by atoms with Crippen molar-refractivity contribution < 1.29 is 23.9 Å². The van der Waals surface area contributed by atoms with Crippen LogP contribution in [0, 0.1) is 5.92 Å². The number of amides is 3. The minimum atomic E-state index is -1.26. The van der Waals surface area contributed by atoms with E-state index in [1.165, 1.54) is 23.8 Å². The van der Waals surface area contributed by atoms with Crippen molar-refractivity contribution in [1.82, 2.24) is 10.2 Å². The van der Waals surface area contributed by atoms with Crippen molar-refractivity contribution in [3.05, 3.63) is 29.8 Å². The molecule has 2 unspecified atom stereocenters. The number of esters is 1. The zero-order valence-corrected chi connectivity index (χ0v) is 18.6. The molecular formula is C22H27N3O5S. The van der Waals surface area contributed by atoms with Gasteiger partial charge in [-0.2, -0.15) is 0 Å².